The normalized spacial score (nSPS) is 19.3. The summed E-state index contributed by atoms with van der Waals surface area (Å²) >= 11 is 0. The Hall–Kier alpha value is -4.19. The van der Waals surface area contributed by atoms with Crippen molar-refractivity contribution in [3.05, 3.63) is 117 Å². The summed E-state index contributed by atoms with van der Waals surface area (Å²) in [6.07, 6.45) is 3.95. The Bertz CT molecular complexity index is 1580. The lowest BCUT2D eigenvalue weighted by Gasteiger charge is -2.47. The van der Waals surface area contributed by atoms with E-state index in [1.807, 2.05) is 31.2 Å². The highest BCUT2D eigenvalue weighted by Gasteiger charge is 2.59. The maximum absolute atomic E-state index is 13.7. The number of hydrogen-bond donors (Lipinski definition) is 0. The smallest absolute Gasteiger partial charge is 0.270 e. The number of ether oxygens (including phenoxy) is 1. The zero-order valence-electron chi connectivity index (χ0n) is 20.3. The Morgan fingerprint density at radius 2 is 1.69 bits per heavy atom. The van der Waals surface area contributed by atoms with Gasteiger partial charge in [-0.25, -0.2) is 4.39 Å². The van der Waals surface area contributed by atoms with E-state index in [9.17, 15) is 14.5 Å². The number of hydrogen-bond acceptors (Lipinski definition) is 4. The first-order valence-corrected chi connectivity index (χ1v) is 11.9. The SMILES string of the molecule is Cc1cc([N+](=O)[O-])cc2c1OC1(C=C2)N(Cc2ccc(F)cc2)c2cc3ccccc3cc2C1(C)C. The van der Waals surface area contributed by atoms with Crippen LogP contribution in [0.5, 0.6) is 5.75 Å². The summed E-state index contributed by atoms with van der Waals surface area (Å²) in [5.74, 6) is 0.360. The standard InChI is InChI=1S/C30H25FN2O3/c1-19-14-25(33(34)35)15-23-12-13-30(36-28(19)23)29(2,3)26-16-21-6-4-5-7-22(21)17-27(26)32(30)18-20-8-10-24(31)11-9-20/h4-17H,18H2,1-3H3. The average Bonchev–Trinajstić information content (AvgIpc) is 3.02. The molecule has 0 aliphatic carbocycles. The number of nitro groups is 1. The van der Waals surface area contributed by atoms with Crippen molar-refractivity contribution in [3.63, 3.8) is 0 Å². The van der Waals surface area contributed by atoms with E-state index in [4.69, 9.17) is 4.74 Å². The lowest BCUT2D eigenvalue weighted by atomic mass is 9.75. The van der Waals surface area contributed by atoms with Crippen molar-refractivity contribution in [3.8, 4) is 5.75 Å². The predicted octanol–water partition coefficient (Wildman–Crippen LogP) is 7.30. The van der Waals surface area contributed by atoms with Gasteiger partial charge in [-0.1, -0.05) is 36.4 Å². The zero-order valence-corrected chi connectivity index (χ0v) is 20.3. The van der Waals surface area contributed by atoms with Crippen molar-refractivity contribution in [2.75, 3.05) is 4.90 Å². The van der Waals surface area contributed by atoms with Gasteiger partial charge in [-0.3, -0.25) is 10.1 Å². The van der Waals surface area contributed by atoms with Gasteiger partial charge in [-0.15, -0.1) is 0 Å². The Balaban J connectivity index is 1.56. The molecule has 4 aromatic rings. The maximum Gasteiger partial charge on any atom is 0.270 e. The van der Waals surface area contributed by atoms with Gasteiger partial charge < -0.3 is 9.64 Å². The van der Waals surface area contributed by atoms with Crippen LogP contribution in [0.25, 0.3) is 16.8 Å². The molecule has 0 radical (unpaired) electrons. The second-order valence-electron chi connectivity index (χ2n) is 10.1. The molecule has 0 N–H and O–H groups in total. The highest BCUT2D eigenvalue weighted by atomic mass is 19.1. The van der Waals surface area contributed by atoms with E-state index in [1.54, 1.807) is 24.3 Å². The third-order valence-corrected chi connectivity index (χ3v) is 7.62. The van der Waals surface area contributed by atoms with Gasteiger partial charge in [0.2, 0.25) is 5.72 Å². The highest BCUT2D eigenvalue weighted by molar-refractivity contribution is 5.90. The van der Waals surface area contributed by atoms with Crippen molar-refractivity contribution in [1.82, 2.24) is 0 Å². The molecule has 1 unspecified atom stereocenters. The van der Waals surface area contributed by atoms with Crippen LogP contribution in [0.1, 0.15) is 36.1 Å². The Morgan fingerprint density at radius 1 is 1.00 bits per heavy atom. The fourth-order valence-electron chi connectivity index (χ4n) is 5.66. The Morgan fingerprint density at radius 3 is 2.39 bits per heavy atom. The zero-order chi connectivity index (χ0) is 25.2. The van der Waals surface area contributed by atoms with Crippen LogP contribution in [0.15, 0.2) is 78.9 Å². The molecule has 180 valence electrons. The van der Waals surface area contributed by atoms with E-state index >= 15 is 0 Å². The minimum atomic E-state index is -0.894. The first-order valence-electron chi connectivity index (χ1n) is 11.9. The molecule has 6 heteroatoms. The third kappa shape index (κ3) is 3.14. The number of nitro benzene ring substituents is 1. The van der Waals surface area contributed by atoms with Crippen molar-refractivity contribution >= 4 is 28.2 Å². The number of fused-ring (bicyclic) bond motifs is 3. The van der Waals surface area contributed by atoms with Gasteiger partial charge in [-0.05, 0) is 84.7 Å². The van der Waals surface area contributed by atoms with E-state index in [0.717, 1.165) is 27.6 Å². The van der Waals surface area contributed by atoms with E-state index in [0.29, 0.717) is 23.4 Å². The fourth-order valence-corrected chi connectivity index (χ4v) is 5.66. The largest absolute Gasteiger partial charge is 0.462 e. The molecule has 6 rings (SSSR count). The van der Waals surface area contributed by atoms with Gasteiger partial charge in [0.15, 0.2) is 0 Å². The number of anilines is 1. The molecule has 36 heavy (non-hydrogen) atoms. The lowest BCUT2D eigenvalue weighted by molar-refractivity contribution is -0.384. The summed E-state index contributed by atoms with van der Waals surface area (Å²) in [6, 6.07) is 22.3. The van der Waals surface area contributed by atoms with E-state index in [1.165, 1.54) is 12.1 Å². The fraction of sp³-hybridized carbons (Fsp3) is 0.200. The van der Waals surface area contributed by atoms with Crippen LogP contribution in [-0.4, -0.2) is 10.6 Å². The van der Waals surface area contributed by atoms with Gasteiger partial charge >= 0.3 is 0 Å². The molecule has 0 bridgehead atoms. The summed E-state index contributed by atoms with van der Waals surface area (Å²) in [7, 11) is 0. The second-order valence-corrected chi connectivity index (χ2v) is 10.1. The Kier molecular flexibility index (Phi) is 4.74. The molecule has 0 saturated carbocycles. The van der Waals surface area contributed by atoms with Crippen LogP contribution < -0.4 is 9.64 Å². The predicted molar refractivity (Wildman–Crippen MR) is 140 cm³/mol. The van der Waals surface area contributed by atoms with Gasteiger partial charge in [0, 0.05) is 29.9 Å². The van der Waals surface area contributed by atoms with Crippen molar-refractivity contribution in [2.24, 2.45) is 0 Å². The van der Waals surface area contributed by atoms with Crippen molar-refractivity contribution < 1.29 is 14.1 Å². The third-order valence-electron chi connectivity index (χ3n) is 7.62. The number of rotatable bonds is 3. The van der Waals surface area contributed by atoms with Crippen LogP contribution in [-0.2, 0) is 12.0 Å². The molecular formula is C30H25FN2O3. The molecule has 0 fully saturated rings. The van der Waals surface area contributed by atoms with Crippen LogP contribution in [0, 0.1) is 22.9 Å². The summed E-state index contributed by atoms with van der Waals surface area (Å²) in [4.78, 5) is 13.3. The van der Waals surface area contributed by atoms with Crippen LogP contribution in [0.4, 0.5) is 15.8 Å². The molecule has 0 saturated heterocycles. The van der Waals surface area contributed by atoms with Crippen molar-refractivity contribution in [1.29, 1.82) is 0 Å². The molecule has 4 aromatic carbocycles. The number of nitrogens with zero attached hydrogens (tertiary/aromatic N) is 2. The Labute approximate surface area is 208 Å². The lowest BCUT2D eigenvalue weighted by Crippen LogP contribution is -2.59. The number of benzene rings is 4. The minimum absolute atomic E-state index is 0.0406. The number of non-ortho nitro benzene ring substituents is 1. The number of aryl methyl sites for hydroxylation is 1. The quantitative estimate of drug-likeness (QED) is 0.228. The second kappa shape index (κ2) is 7.65. The molecule has 2 aliphatic rings. The van der Waals surface area contributed by atoms with E-state index in [2.05, 4.69) is 43.0 Å². The molecule has 0 amide bonds. The van der Waals surface area contributed by atoms with Gasteiger partial charge in [0.25, 0.3) is 5.69 Å². The summed E-state index contributed by atoms with van der Waals surface area (Å²) in [5.41, 5.74) is 3.22. The summed E-state index contributed by atoms with van der Waals surface area (Å²) < 4.78 is 20.6. The van der Waals surface area contributed by atoms with Crippen LogP contribution in [0.2, 0.25) is 0 Å². The minimum Gasteiger partial charge on any atom is -0.462 e. The summed E-state index contributed by atoms with van der Waals surface area (Å²) in [5, 5.41) is 13.7. The van der Waals surface area contributed by atoms with Gasteiger partial charge in [0.1, 0.15) is 11.6 Å². The topological polar surface area (TPSA) is 55.6 Å². The molecular weight excluding hydrogens is 455 g/mol. The molecule has 2 aliphatic heterocycles. The highest BCUT2D eigenvalue weighted by Crippen LogP contribution is 2.56. The first kappa shape index (κ1) is 22.3. The molecule has 1 spiro atoms. The van der Waals surface area contributed by atoms with Gasteiger partial charge in [-0.2, -0.15) is 0 Å². The first-order chi connectivity index (χ1) is 17.2. The van der Waals surface area contributed by atoms with Crippen molar-refractivity contribution in [2.45, 2.75) is 38.5 Å². The monoisotopic (exact) mass is 480 g/mol. The molecule has 5 nitrogen and oxygen atoms in total. The average molecular weight is 481 g/mol. The molecule has 0 aromatic heterocycles. The van der Waals surface area contributed by atoms with E-state index < -0.39 is 11.1 Å². The van der Waals surface area contributed by atoms with Gasteiger partial charge in [0.05, 0.1) is 10.3 Å². The molecule has 2 heterocycles. The van der Waals surface area contributed by atoms with Crippen LogP contribution >= 0.6 is 0 Å². The molecule has 1 atom stereocenters. The maximum atomic E-state index is 13.7. The van der Waals surface area contributed by atoms with Crippen LogP contribution in [0.3, 0.4) is 0 Å². The van der Waals surface area contributed by atoms with E-state index in [-0.39, 0.29) is 16.4 Å². The number of halogens is 1. The summed E-state index contributed by atoms with van der Waals surface area (Å²) in [6.45, 7) is 6.68.